The summed E-state index contributed by atoms with van der Waals surface area (Å²) < 4.78 is 169. The summed E-state index contributed by atoms with van der Waals surface area (Å²) in [6.45, 7) is 11.0. The topological polar surface area (TPSA) is 291 Å². The number of halogens is 10. The molecule has 20 rings (SSSR count). The van der Waals surface area contributed by atoms with E-state index in [4.69, 9.17) is 23.7 Å². The van der Waals surface area contributed by atoms with Crippen molar-refractivity contribution in [1.82, 2.24) is 49.8 Å². The van der Waals surface area contributed by atoms with Crippen molar-refractivity contribution in [3.8, 4) is 0 Å². The molecule has 5 aliphatic rings. The lowest BCUT2D eigenvalue weighted by molar-refractivity contribution is -0.118. The minimum Gasteiger partial charge on any atom is -0.491 e. The molecule has 0 saturated heterocycles. The lowest BCUT2D eigenvalue weighted by Gasteiger charge is -2.28. The lowest BCUT2D eigenvalue weighted by atomic mass is 9.90. The van der Waals surface area contributed by atoms with Gasteiger partial charge in [0.05, 0.1) is 153 Å². The fourth-order valence-electron chi connectivity index (χ4n) is 18.0. The van der Waals surface area contributed by atoms with E-state index in [1.54, 1.807) is 136 Å². The van der Waals surface area contributed by atoms with Crippen molar-refractivity contribution in [2.24, 2.45) is 5.92 Å². The number of aromatic nitrogens is 10. The van der Waals surface area contributed by atoms with E-state index in [1.165, 1.54) is 121 Å². The van der Waals surface area contributed by atoms with Gasteiger partial charge < -0.3 is 48.6 Å². The van der Waals surface area contributed by atoms with Crippen LogP contribution < -0.4 is 24.5 Å². The number of ether oxygens (including phenoxy) is 5. The molecule has 0 fully saturated rings. The highest BCUT2D eigenvalue weighted by Crippen LogP contribution is 2.51. The predicted octanol–water partition coefficient (Wildman–Crippen LogP) is 21.1. The van der Waals surface area contributed by atoms with Gasteiger partial charge in [-0.3, -0.25) is 48.5 Å². The van der Waals surface area contributed by atoms with Crippen LogP contribution in [0.4, 0.5) is 72.3 Å². The standard InChI is InChI=1S/2C21H19F2N3O2.C20H17F2N3O2.2C19H15F2N3O2/c1-11(2)17-19(13-5-4-6-14(22)18(13)23)26(21(27)20(17)28-3)12-7-8-15-16(9-12)25-10-24-15;1-3-5-14-19(13-6-4-7-15(22)18(13)23)26(21(27)20(14)28-2)12-8-9-16-17(10-12)25-11-24-16;1-3-12-18(13-5-4-6-14(21)17(13)22)25(20(26)19(12)27-2)11-7-8-15-16(9-11)24-10-23-15;2*1-10-17(12-4-3-5-13(20)16(12)21)24(19(25)18(10)26-2)11-6-7-14-15(8-11)23-9-22-14/h4-11,19H,1-3H3,(H,24,25);4,6-11,19H,3,5H2,1-2H3,(H,24,25);4-10,18H,3H2,1-2H3,(H,23,24);2*3-9,17H,1-2H3,(H,22,23)/t;;;2*17-/m...10/s1. The molecule has 25 nitrogen and oxygen atoms in total. The van der Waals surface area contributed by atoms with Gasteiger partial charge in [0.15, 0.2) is 87.0 Å². The fraction of sp³-hybridized carbons (Fsp3) is 0.200. The molecule has 5 amide bonds. The van der Waals surface area contributed by atoms with Crippen molar-refractivity contribution in [3.05, 3.63) is 356 Å². The number of aromatic amines is 5. The van der Waals surface area contributed by atoms with Crippen LogP contribution in [-0.2, 0) is 47.7 Å². The van der Waals surface area contributed by atoms with E-state index in [-0.39, 0.29) is 74.3 Å². The summed E-state index contributed by atoms with van der Waals surface area (Å²) in [4.78, 5) is 108. The SMILES string of the molecule is CCC1=C(OC)C(=O)N(c2ccc3nc[nH]c3c2)C1c1cccc(F)c1F.CCCC1=C(OC)C(=O)N(c2ccc3nc[nH]c3c2)C1c1cccc(F)c1F.COC1=C(C(C)C)C(c2cccc(F)c2F)N(c2ccc3nc[nH]c3c2)C1=O.COC1=C(C)[C@@H](c2cccc(F)c2F)N(c2ccc3nc[nH]c3c2)C1=O.COC1=C(C)[C@H](c2cccc(F)c2F)N(c2ccc3nc[nH]c3c2)C1=O. The van der Waals surface area contributed by atoms with Crippen LogP contribution in [0.3, 0.4) is 0 Å². The van der Waals surface area contributed by atoms with Crippen LogP contribution in [0.5, 0.6) is 0 Å². The summed E-state index contributed by atoms with van der Waals surface area (Å²) in [5, 5.41) is 0. The normalized spacial score (nSPS) is 17.3. The minimum absolute atomic E-state index is 0.0765. The first-order valence-corrected chi connectivity index (χ1v) is 42.5. The van der Waals surface area contributed by atoms with Crippen LogP contribution in [0.25, 0.3) is 55.2 Å². The van der Waals surface area contributed by atoms with Gasteiger partial charge in [0.1, 0.15) is 0 Å². The zero-order valence-electron chi connectivity index (χ0n) is 74.1. The first kappa shape index (κ1) is 92.2. The Morgan fingerprint density at radius 1 is 0.311 bits per heavy atom. The monoisotopic (exact) mass is 1850 g/mol. The molecule has 5 aliphatic heterocycles. The first-order valence-electron chi connectivity index (χ1n) is 42.5. The van der Waals surface area contributed by atoms with E-state index < -0.39 is 106 Å². The van der Waals surface area contributed by atoms with Gasteiger partial charge in [-0.2, -0.15) is 0 Å². The van der Waals surface area contributed by atoms with Crippen molar-refractivity contribution in [1.29, 1.82) is 0 Å². The van der Waals surface area contributed by atoms with E-state index >= 15 is 0 Å². The Balaban J connectivity index is 0.000000123. The van der Waals surface area contributed by atoms with Gasteiger partial charge in [0.2, 0.25) is 0 Å². The number of anilines is 5. The van der Waals surface area contributed by atoms with Gasteiger partial charge in [-0.25, -0.2) is 68.8 Å². The van der Waals surface area contributed by atoms with Crippen LogP contribution in [0.1, 0.15) is 119 Å². The number of fused-ring (bicyclic) bond motifs is 5. The Bertz CT molecular complexity index is 7210. The summed E-state index contributed by atoms with van der Waals surface area (Å²) in [5.41, 5.74) is 13.5. The zero-order valence-corrected chi connectivity index (χ0v) is 74.1. The molecule has 10 aromatic carbocycles. The third-order valence-corrected chi connectivity index (χ3v) is 24.0. The molecule has 15 aromatic rings. The van der Waals surface area contributed by atoms with Crippen LogP contribution in [0.15, 0.2) is 270 Å². The predicted molar refractivity (Wildman–Crippen MR) is 485 cm³/mol. The Morgan fingerprint density at radius 3 is 0.815 bits per heavy atom. The summed E-state index contributed by atoms with van der Waals surface area (Å²) in [7, 11) is 7.01. The number of imidazole rings is 5. The molecule has 35 heteroatoms. The molecule has 0 bridgehead atoms. The zero-order chi connectivity index (χ0) is 95.8. The molecule has 0 radical (unpaired) electrons. The highest BCUT2D eigenvalue weighted by Gasteiger charge is 2.49. The van der Waals surface area contributed by atoms with E-state index in [2.05, 4.69) is 49.8 Å². The fourth-order valence-corrected chi connectivity index (χ4v) is 18.0. The third kappa shape index (κ3) is 16.7. The van der Waals surface area contributed by atoms with Crippen molar-refractivity contribution in [2.45, 2.75) is 91.0 Å². The molecule has 690 valence electrons. The third-order valence-electron chi connectivity index (χ3n) is 24.0. The van der Waals surface area contributed by atoms with Crippen molar-refractivity contribution in [2.75, 3.05) is 60.0 Å². The van der Waals surface area contributed by atoms with Crippen LogP contribution in [0.2, 0.25) is 0 Å². The van der Waals surface area contributed by atoms with Crippen LogP contribution >= 0.6 is 0 Å². The molecule has 135 heavy (non-hydrogen) atoms. The number of carbonyl (C=O) groups excluding carboxylic acids is 5. The number of methoxy groups -OCH3 is 5. The number of rotatable bonds is 19. The molecule has 3 unspecified atom stereocenters. The average molecular weight is 1850 g/mol. The second-order valence-electron chi connectivity index (χ2n) is 31.9. The van der Waals surface area contributed by atoms with Gasteiger partial charge in [0, 0.05) is 84.1 Å². The van der Waals surface area contributed by atoms with E-state index in [9.17, 15) is 67.9 Å². The van der Waals surface area contributed by atoms with Crippen molar-refractivity contribution in [3.63, 3.8) is 0 Å². The van der Waals surface area contributed by atoms with Gasteiger partial charge in [-0.1, -0.05) is 94.8 Å². The molecule has 10 heterocycles. The largest absolute Gasteiger partial charge is 0.491 e. The van der Waals surface area contributed by atoms with Gasteiger partial charge in [0.25, 0.3) is 29.5 Å². The molecule has 0 aliphatic carbocycles. The Kier molecular flexibility index (Phi) is 26.2. The quantitative estimate of drug-likeness (QED) is 0.0470. The molecule has 5 N–H and O–H groups in total. The summed E-state index contributed by atoms with van der Waals surface area (Å²) >= 11 is 0. The molecule has 0 saturated carbocycles. The number of hydrogen-bond acceptors (Lipinski definition) is 15. The van der Waals surface area contributed by atoms with Crippen molar-refractivity contribution < 1.29 is 91.6 Å². The summed E-state index contributed by atoms with van der Waals surface area (Å²) in [5.74, 6) is -10.9. The maximum atomic E-state index is 14.7. The van der Waals surface area contributed by atoms with Crippen LogP contribution in [0, 0.1) is 64.1 Å². The van der Waals surface area contributed by atoms with Gasteiger partial charge in [-0.15, -0.1) is 0 Å². The second kappa shape index (κ2) is 38.4. The number of amides is 5. The number of H-pyrrole nitrogens is 5. The van der Waals surface area contributed by atoms with Gasteiger partial charge in [-0.05, 0) is 154 Å². The molecule has 0 spiro atoms. The maximum Gasteiger partial charge on any atom is 0.294 e. The van der Waals surface area contributed by atoms with E-state index in [1.807, 2.05) is 27.7 Å². The van der Waals surface area contributed by atoms with E-state index in [0.29, 0.717) is 69.1 Å². The Morgan fingerprint density at radius 2 is 0.548 bits per heavy atom. The van der Waals surface area contributed by atoms with Gasteiger partial charge >= 0.3 is 0 Å². The number of benzene rings is 10. The van der Waals surface area contributed by atoms with Crippen LogP contribution in [-0.4, -0.2) is 115 Å². The summed E-state index contributed by atoms with van der Waals surface area (Å²) in [6, 6.07) is 42.2. The first-order chi connectivity index (χ1) is 65.1. The Hall–Kier alpha value is -16.1. The van der Waals surface area contributed by atoms with E-state index in [0.717, 1.165) is 91.9 Å². The average Bonchev–Trinajstić information content (AvgIpc) is 1.58. The molecular weight excluding hydrogens is 1760 g/mol. The molecule has 5 aromatic heterocycles. The minimum atomic E-state index is -0.977. The number of hydrogen-bond donors (Lipinski definition) is 5. The molecular formula is C100H85F10N15O10. The highest BCUT2D eigenvalue weighted by molar-refractivity contribution is 6.13. The summed E-state index contributed by atoms with van der Waals surface area (Å²) in [6.07, 6.45) is 9.49. The smallest absolute Gasteiger partial charge is 0.294 e. The number of nitrogens with one attached hydrogen (secondary N) is 5. The maximum absolute atomic E-state index is 14.7. The Labute approximate surface area is 764 Å². The second-order valence-corrected chi connectivity index (χ2v) is 31.9. The number of nitrogens with zero attached hydrogens (tertiary/aromatic N) is 10. The van der Waals surface area contributed by atoms with Crippen molar-refractivity contribution >= 4 is 113 Å². The molecule has 5 atom stereocenters. The lowest BCUT2D eigenvalue weighted by Crippen LogP contribution is -2.31. The number of carbonyl (C=O) groups is 5. The highest BCUT2D eigenvalue weighted by atomic mass is 19.2.